The van der Waals surface area contributed by atoms with Crippen molar-refractivity contribution in [2.24, 2.45) is 0 Å². The predicted octanol–water partition coefficient (Wildman–Crippen LogP) is 4.39. The van der Waals surface area contributed by atoms with Crippen LogP contribution in [0.3, 0.4) is 0 Å². The Bertz CT molecular complexity index is 859. The fourth-order valence-corrected chi connectivity index (χ4v) is 3.25. The lowest BCUT2D eigenvalue weighted by Gasteiger charge is -2.14. The highest BCUT2D eigenvalue weighted by atomic mass is 32.1. The molecule has 0 saturated carbocycles. The Kier molecular flexibility index (Phi) is 4.89. The van der Waals surface area contributed by atoms with Gasteiger partial charge in [-0.15, -0.1) is 11.3 Å². The Morgan fingerprint density at radius 3 is 2.56 bits per heavy atom. The molecule has 0 aliphatic heterocycles. The van der Waals surface area contributed by atoms with Crippen LogP contribution in [0.5, 0.6) is 0 Å². The summed E-state index contributed by atoms with van der Waals surface area (Å²) in [6.07, 6.45) is -3.94. The summed E-state index contributed by atoms with van der Waals surface area (Å²) in [7, 11) is 0. The number of para-hydroxylation sites is 2. The molecular formula is C17H14F3N3OS. The standard InChI is InChI=1S/C17H14F3N3OS/c18-17(19,20)11-5-1-2-6-12(11)22-23-15(24)9-10-16-21-13-7-3-4-8-14(13)25-16/h1-8,22H,9-10H2,(H,23,24). The molecule has 2 N–H and O–H groups in total. The number of hydrazine groups is 1. The van der Waals surface area contributed by atoms with Crippen LogP contribution in [0.25, 0.3) is 10.2 Å². The molecule has 25 heavy (non-hydrogen) atoms. The summed E-state index contributed by atoms with van der Waals surface area (Å²) in [6.45, 7) is 0. The summed E-state index contributed by atoms with van der Waals surface area (Å²) in [4.78, 5) is 16.3. The number of anilines is 1. The third-order valence-electron chi connectivity index (χ3n) is 3.47. The van der Waals surface area contributed by atoms with E-state index in [2.05, 4.69) is 15.8 Å². The highest BCUT2D eigenvalue weighted by Crippen LogP contribution is 2.34. The van der Waals surface area contributed by atoms with Crippen LogP contribution in [-0.2, 0) is 17.4 Å². The molecule has 8 heteroatoms. The molecular weight excluding hydrogens is 351 g/mol. The number of halogens is 3. The van der Waals surface area contributed by atoms with Crippen molar-refractivity contribution in [1.82, 2.24) is 10.4 Å². The molecule has 0 aliphatic carbocycles. The van der Waals surface area contributed by atoms with Gasteiger partial charge in [0.05, 0.1) is 26.5 Å². The topological polar surface area (TPSA) is 54.0 Å². The van der Waals surface area contributed by atoms with Gasteiger partial charge in [-0.2, -0.15) is 13.2 Å². The van der Waals surface area contributed by atoms with Gasteiger partial charge in [0.25, 0.3) is 0 Å². The minimum atomic E-state index is -4.49. The first kappa shape index (κ1) is 17.2. The van der Waals surface area contributed by atoms with E-state index in [9.17, 15) is 18.0 Å². The first-order valence-electron chi connectivity index (χ1n) is 7.49. The van der Waals surface area contributed by atoms with Crippen LogP contribution >= 0.6 is 11.3 Å². The number of amides is 1. The van der Waals surface area contributed by atoms with Crippen molar-refractivity contribution < 1.29 is 18.0 Å². The van der Waals surface area contributed by atoms with Gasteiger partial charge in [0.1, 0.15) is 0 Å². The number of rotatable bonds is 5. The van der Waals surface area contributed by atoms with Crippen molar-refractivity contribution in [3.05, 3.63) is 59.1 Å². The van der Waals surface area contributed by atoms with E-state index in [1.54, 1.807) is 0 Å². The molecule has 0 aliphatic rings. The summed E-state index contributed by atoms with van der Waals surface area (Å²) in [5.74, 6) is -0.406. The number of carbonyl (C=O) groups is 1. The molecule has 0 saturated heterocycles. The van der Waals surface area contributed by atoms with E-state index < -0.39 is 17.6 Å². The number of nitrogens with one attached hydrogen (secondary N) is 2. The molecule has 130 valence electrons. The van der Waals surface area contributed by atoms with Crippen molar-refractivity contribution in [3.8, 4) is 0 Å². The molecule has 3 aromatic rings. The van der Waals surface area contributed by atoms with Gasteiger partial charge in [0.15, 0.2) is 0 Å². The fourth-order valence-electron chi connectivity index (χ4n) is 2.29. The lowest BCUT2D eigenvalue weighted by molar-refractivity contribution is -0.137. The number of nitrogens with zero attached hydrogens (tertiary/aromatic N) is 1. The summed E-state index contributed by atoms with van der Waals surface area (Å²) in [5, 5.41) is 0.812. The number of hydrogen-bond acceptors (Lipinski definition) is 4. The maximum absolute atomic E-state index is 12.9. The molecule has 3 rings (SSSR count). The number of thiazole rings is 1. The summed E-state index contributed by atoms with van der Waals surface area (Å²) < 4.78 is 39.7. The van der Waals surface area contributed by atoms with E-state index in [4.69, 9.17) is 0 Å². The van der Waals surface area contributed by atoms with Gasteiger partial charge in [-0.1, -0.05) is 24.3 Å². The SMILES string of the molecule is O=C(CCc1nc2ccccc2s1)NNc1ccccc1C(F)(F)F. The Morgan fingerprint density at radius 1 is 1.08 bits per heavy atom. The molecule has 1 amide bonds. The highest BCUT2D eigenvalue weighted by Gasteiger charge is 2.33. The number of alkyl halides is 3. The van der Waals surface area contributed by atoms with Gasteiger partial charge in [-0.05, 0) is 24.3 Å². The first-order chi connectivity index (χ1) is 11.9. The van der Waals surface area contributed by atoms with E-state index >= 15 is 0 Å². The summed E-state index contributed by atoms with van der Waals surface area (Å²) >= 11 is 1.50. The van der Waals surface area contributed by atoms with Crippen LogP contribution in [-0.4, -0.2) is 10.9 Å². The number of aryl methyl sites for hydroxylation is 1. The minimum absolute atomic E-state index is 0.126. The van der Waals surface area contributed by atoms with Gasteiger partial charge < -0.3 is 0 Å². The van der Waals surface area contributed by atoms with Crippen LogP contribution in [0.4, 0.5) is 18.9 Å². The zero-order chi connectivity index (χ0) is 17.9. The van der Waals surface area contributed by atoms with Gasteiger partial charge in [-0.3, -0.25) is 15.6 Å². The molecule has 0 bridgehead atoms. The van der Waals surface area contributed by atoms with Gasteiger partial charge in [0.2, 0.25) is 5.91 Å². The number of hydrogen-bond donors (Lipinski definition) is 2. The molecule has 0 spiro atoms. The molecule has 2 aromatic carbocycles. The van der Waals surface area contributed by atoms with E-state index in [-0.39, 0.29) is 12.1 Å². The van der Waals surface area contributed by atoms with Crippen molar-refractivity contribution >= 4 is 33.1 Å². The van der Waals surface area contributed by atoms with Gasteiger partial charge in [0, 0.05) is 12.8 Å². The van der Waals surface area contributed by atoms with E-state index in [1.807, 2.05) is 24.3 Å². The first-order valence-corrected chi connectivity index (χ1v) is 8.30. The van der Waals surface area contributed by atoms with Crippen LogP contribution in [0.2, 0.25) is 0 Å². The number of aromatic nitrogens is 1. The van der Waals surface area contributed by atoms with E-state index in [0.29, 0.717) is 6.42 Å². The monoisotopic (exact) mass is 365 g/mol. The maximum Gasteiger partial charge on any atom is 0.418 e. The number of benzene rings is 2. The van der Waals surface area contributed by atoms with Crippen LogP contribution in [0.1, 0.15) is 17.0 Å². The Balaban J connectivity index is 1.57. The second kappa shape index (κ2) is 7.10. The average Bonchev–Trinajstić information content (AvgIpc) is 3.00. The van der Waals surface area contributed by atoms with Gasteiger partial charge in [-0.25, -0.2) is 4.98 Å². The van der Waals surface area contributed by atoms with Crippen molar-refractivity contribution in [2.45, 2.75) is 19.0 Å². The van der Waals surface area contributed by atoms with Crippen molar-refractivity contribution in [3.63, 3.8) is 0 Å². The highest BCUT2D eigenvalue weighted by molar-refractivity contribution is 7.18. The van der Waals surface area contributed by atoms with Crippen molar-refractivity contribution in [2.75, 3.05) is 5.43 Å². The van der Waals surface area contributed by atoms with Crippen molar-refractivity contribution in [1.29, 1.82) is 0 Å². The van der Waals surface area contributed by atoms with Crippen LogP contribution in [0.15, 0.2) is 48.5 Å². The quantitative estimate of drug-likeness (QED) is 0.660. The number of carbonyl (C=O) groups excluding carboxylic acids is 1. The molecule has 0 atom stereocenters. The predicted molar refractivity (Wildman–Crippen MR) is 91.2 cm³/mol. The Labute approximate surface area is 145 Å². The molecule has 1 aromatic heterocycles. The summed E-state index contributed by atoms with van der Waals surface area (Å²) in [5.41, 5.74) is 4.50. The molecule has 1 heterocycles. The molecule has 0 unspecified atom stereocenters. The zero-order valence-corrected chi connectivity index (χ0v) is 13.7. The van der Waals surface area contributed by atoms with E-state index in [1.165, 1.54) is 29.5 Å². The minimum Gasteiger partial charge on any atom is -0.298 e. The zero-order valence-electron chi connectivity index (χ0n) is 12.9. The van der Waals surface area contributed by atoms with Crippen LogP contribution in [0, 0.1) is 0 Å². The smallest absolute Gasteiger partial charge is 0.298 e. The van der Waals surface area contributed by atoms with Gasteiger partial charge >= 0.3 is 6.18 Å². The molecule has 4 nitrogen and oxygen atoms in total. The lowest BCUT2D eigenvalue weighted by atomic mass is 10.2. The Hall–Kier alpha value is -2.61. The number of fused-ring (bicyclic) bond motifs is 1. The average molecular weight is 365 g/mol. The maximum atomic E-state index is 12.9. The second-order valence-corrected chi connectivity index (χ2v) is 6.41. The third kappa shape index (κ3) is 4.27. The van der Waals surface area contributed by atoms with E-state index in [0.717, 1.165) is 21.3 Å². The summed E-state index contributed by atoms with van der Waals surface area (Å²) in [6, 6.07) is 12.6. The normalized spacial score (nSPS) is 11.5. The lowest BCUT2D eigenvalue weighted by Crippen LogP contribution is -2.30. The second-order valence-electron chi connectivity index (χ2n) is 5.29. The van der Waals surface area contributed by atoms with Crippen LogP contribution < -0.4 is 10.9 Å². The third-order valence-corrected chi connectivity index (χ3v) is 4.57. The molecule has 0 fully saturated rings. The molecule has 0 radical (unpaired) electrons. The largest absolute Gasteiger partial charge is 0.418 e. The fraction of sp³-hybridized carbons (Fsp3) is 0.176. The Morgan fingerprint density at radius 2 is 1.80 bits per heavy atom.